The Morgan fingerprint density at radius 1 is 1.18 bits per heavy atom. The van der Waals surface area contributed by atoms with Crippen molar-refractivity contribution in [2.24, 2.45) is 0 Å². The third-order valence-corrected chi connectivity index (χ3v) is 4.92. The first-order chi connectivity index (χ1) is 13.3. The Bertz CT molecular complexity index is 907. The van der Waals surface area contributed by atoms with Crippen LogP contribution in [0.3, 0.4) is 0 Å². The molecule has 3 rings (SSSR count). The van der Waals surface area contributed by atoms with Gasteiger partial charge < -0.3 is 14.4 Å². The van der Waals surface area contributed by atoms with Gasteiger partial charge in [-0.05, 0) is 45.2 Å². The van der Waals surface area contributed by atoms with Gasteiger partial charge in [-0.1, -0.05) is 17.7 Å². The third kappa shape index (κ3) is 4.59. The van der Waals surface area contributed by atoms with Crippen LogP contribution in [0, 0.1) is 27.7 Å². The van der Waals surface area contributed by atoms with Gasteiger partial charge in [0, 0.05) is 24.3 Å². The maximum Gasteiger partial charge on any atom is 0.311 e. The minimum atomic E-state index is -0.355. The molecule has 1 saturated heterocycles. The van der Waals surface area contributed by atoms with Crippen LogP contribution in [-0.2, 0) is 16.0 Å². The van der Waals surface area contributed by atoms with Crippen molar-refractivity contribution in [1.82, 2.24) is 9.97 Å². The summed E-state index contributed by atoms with van der Waals surface area (Å²) in [4.78, 5) is 34.2. The van der Waals surface area contributed by atoms with E-state index >= 15 is 0 Å². The van der Waals surface area contributed by atoms with Crippen molar-refractivity contribution in [2.45, 2.75) is 40.5 Å². The van der Waals surface area contributed by atoms with Crippen LogP contribution in [0.1, 0.15) is 34.4 Å². The quantitative estimate of drug-likeness (QED) is 0.628. The minimum Gasteiger partial charge on any atom is -0.426 e. The number of carbonyl (C=O) groups excluding carboxylic acids is 1. The molecule has 0 spiro atoms. The van der Waals surface area contributed by atoms with E-state index in [0.717, 1.165) is 16.7 Å². The molecule has 0 amide bonds. The molecule has 1 aliphatic heterocycles. The molecule has 0 unspecified atom stereocenters. The third-order valence-electron chi connectivity index (χ3n) is 4.92. The summed E-state index contributed by atoms with van der Waals surface area (Å²) in [5.41, 5.74) is 3.94. The smallest absolute Gasteiger partial charge is 0.311 e. The lowest BCUT2D eigenvalue weighted by molar-refractivity contribution is -0.134. The summed E-state index contributed by atoms with van der Waals surface area (Å²) in [6.45, 7) is 10.3. The second-order valence-electron chi connectivity index (χ2n) is 7.25. The molecule has 0 saturated carbocycles. The van der Waals surface area contributed by atoms with Gasteiger partial charge in [0.15, 0.2) is 0 Å². The largest absolute Gasteiger partial charge is 0.426 e. The summed E-state index contributed by atoms with van der Waals surface area (Å²) in [6.07, 6.45) is 0.412. The fourth-order valence-corrected chi connectivity index (χ4v) is 3.53. The van der Waals surface area contributed by atoms with E-state index in [1.165, 1.54) is 0 Å². The maximum absolute atomic E-state index is 12.5. The molecule has 1 N–H and O–H groups in total. The number of aryl methyl sites for hydroxylation is 4. The lowest BCUT2D eigenvalue weighted by atomic mass is 10.1. The summed E-state index contributed by atoms with van der Waals surface area (Å²) in [6, 6.07) is 3.97. The number of esters is 1. The average Bonchev–Trinajstić information content (AvgIpc) is 2.64. The second kappa shape index (κ2) is 8.56. The molecule has 0 atom stereocenters. The summed E-state index contributed by atoms with van der Waals surface area (Å²) in [5, 5.41) is 0. The van der Waals surface area contributed by atoms with Crippen molar-refractivity contribution in [3.8, 4) is 5.75 Å². The van der Waals surface area contributed by atoms with Crippen molar-refractivity contribution in [1.29, 1.82) is 0 Å². The van der Waals surface area contributed by atoms with Gasteiger partial charge in [0.2, 0.25) is 5.95 Å². The fraction of sp³-hybridized carbons (Fsp3) is 0.476. The molecule has 7 heteroatoms. The zero-order chi connectivity index (χ0) is 20.3. The molecule has 2 heterocycles. The van der Waals surface area contributed by atoms with Crippen LogP contribution in [0.4, 0.5) is 5.95 Å². The van der Waals surface area contributed by atoms with E-state index in [0.29, 0.717) is 55.7 Å². The zero-order valence-corrected chi connectivity index (χ0v) is 16.9. The lowest BCUT2D eigenvalue weighted by Crippen LogP contribution is -2.38. The van der Waals surface area contributed by atoms with Crippen LogP contribution >= 0.6 is 0 Å². The number of hydrogen-bond donors (Lipinski definition) is 1. The van der Waals surface area contributed by atoms with Crippen molar-refractivity contribution >= 4 is 11.9 Å². The SMILES string of the molecule is Cc1cc(C)c(OC(=O)CCc2c(C)nc(N3CCOCC3)[nH]c2=O)c(C)c1. The van der Waals surface area contributed by atoms with Gasteiger partial charge in [0.05, 0.1) is 19.6 Å². The van der Waals surface area contributed by atoms with Crippen molar-refractivity contribution in [3.05, 3.63) is 50.4 Å². The first-order valence-corrected chi connectivity index (χ1v) is 9.56. The maximum atomic E-state index is 12.5. The summed E-state index contributed by atoms with van der Waals surface area (Å²) in [7, 11) is 0. The van der Waals surface area contributed by atoms with E-state index < -0.39 is 0 Å². The monoisotopic (exact) mass is 385 g/mol. The van der Waals surface area contributed by atoms with E-state index in [1.54, 1.807) is 6.92 Å². The molecule has 0 radical (unpaired) electrons. The van der Waals surface area contributed by atoms with E-state index in [4.69, 9.17) is 9.47 Å². The van der Waals surface area contributed by atoms with Gasteiger partial charge in [-0.2, -0.15) is 0 Å². The number of morpholine rings is 1. The minimum absolute atomic E-state index is 0.120. The topological polar surface area (TPSA) is 84.5 Å². The Labute approximate surface area is 164 Å². The summed E-state index contributed by atoms with van der Waals surface area (Å²) in [5.74, 6) is 0.802. The number of carbonyl (C=O) groups is 1. The van der Waals surface area contributed by atoms with Crippen LogP contribution in [0.2, 0.25) is 0 Å². The lowest BCUT2D eigenvalue weighted by Gasteiger charge is -2.27. The highest BCUT2D eigenvalue weighted by molar-refractivity contribution is 5.73. The predicted molar refractivity (Wildman–Crippen MR) is 107 cm³/mol. The summed E-state index contributed by atoms with van der Waals surface area (Å²) < 4.78 is 10.9. The molecule has 7 nitrogen and oxygen atoms in total. The van der Waals surface area contributed by atoms with E-state index in [-0.39, 0.29) is 17.9 Å². The standard InChI is InChI=1S/C21H27N3O4/c1-13-11-14(2)19(15(3)12-13)28-18(25)6-5-17-16(4)22-21(23-20(17)26)24-7-9-27-10-8-24/h11-12H,5-10H2,1-4H3,(H,22,23,26). The van der Waals surface area contributed by atoms with Gasteiger partial charge >= 0.3 is 5.97 Å². The molecule has 1 aromatic heterocycles. The van der Waals surface area contributed by atoms with Gasteiger partial charge in [0.25, 0.3) is 5.56 Å². The molecule has 0 bridgehead atoms. The average molecular weight is 385 g/mol. The number of anilines is 1. The fourth-order valence-electron chi connectivity index (χ4n) is 3.53. The molecule has 0 aliphatic carbocycles. The Kier molecular flexibility index (Phi) is 6.14. The molecule has 2 aromatic rings. The molecule has 28 heavy (non-hydrogen) atoms. The normalized spacial score (nSPS) is 14.2. The summed E-state index contributed by atoms with van der Waals surface area (Å²) >= 11 is 0. The molecular weight excluding hydrogens is 358 g/mol. The second-order valence-corrected chi connectivity index (χ2v) is 7.25. The highest BCUT2D eigenvalue weighted by Gasteiger charge is 2.17. The highest BCUT2D eigenvalue weighted by Crippen LogP contribution is 2.25. The number of aromatic nitrogens is 2. The number of rotatable bonds is 5. The molecule has 1 fully saturated rings. The Morgan fingerprint density at radius 2 is 1.82 bits per heavy atom. The van der Waals surface area contributed by atoms with Crippen molar-refractivity contribution in [3.63, 3.8) is 0 Å². The first kappa shape index (κ1) is 20.1. The van der Waals surface area contributed by atoms with Crippen LogP contribution in [-0.4, -0.2) is 42.2 Å². The van der Waals surface area contributed by atoms with Gasteiger partial charge in [-0.15, -0.1) is 0 Å². The molecular formula is C21H27N3O4. The van der Waals surface area contributed by atoms with Gasteiger partial charge in [-0.3, -0.25) is 14.6 Å². The van der Waals surface area contributed by atoms with Crippen molar-refractivity contribution < 1.29 is 14.3 Å². The predicted octanol–water partition coefficient (Wildman–Crippen LogP) is 2.38. The van der Waals surface area contributed by atoms with Crippen molar-refractivity contribution in [2.75, 3.05) is 31.2 Å². The molecule has 1 aromatic carbocycles. The van der Waals surface area contributed by atoms with Crippen LogP contribution in [0.15, 0.2) is 16.9 Å². The Hall–Kier alpha value is -2.67. The van der Waals surface area contributed by atoms with E-state index in [2.05, 4.69) is 9.97 Å². The number of ether oxygens (including phenoxy) is 2. The highest BCUT2D eigenvalue weighted by atomic mass is 16.5. The van der Waals surface area contributed by atoms with E-state index in [9.17, 15) is 9.59 Å². The molecule has 1 aliphatic rings. The Morgan fingerprint density at radius 3 is 2.43 bits per heavy atom. The number of H-pyrrole nitrogens is 1. The van der Waals surface area contributed by atoms with Crippen LogP contribution in [0.5, 0.6) is 5.75 Å². The van der Waals surface area contributed by atoms with Gasteiger partial charge in [0.1, 0.15) is 5.75 Å². The van der Waals surface area contributed by atoms with Crippen LogP contribution < -0.4 is 15.2 Å². The zero-order valence-electron chi connectivity index (χ0n) is 16.9. The first-order valence-electron chi connectivity index (χ1n) is 9.56. The van der Waals surface area contributed by atoms with Gasteiger partial charge in [-0.25, -0.2) is 4.98 Å². The number of hydrogen-bond acceptors (Lipinski definition) is 6. The van der Waals surface area contributed by atoms with Crippen LogP contribution in [0.25, 0.3) is 0 Å². The number of aromatic amines is 1. The Balaban J connectivity index is 1.67. The number of nitrogens with one attached hydrogen (secondary N) is 1. The number of nitrogens with zero attached hydrogens (tertiary/aromatic N) is 2. The molecule has 150 valence electrons. The van der Waals surface area contributed by atoms with E-state index in [1.807, 2.05) is 37.8 Å². The number of benzene rings is 1.